The van der Waals surface area contributed by atoms with E-state index in [2.05, 4.69) is 10.3 Å². The van der Waals surface area contributed by atoms with E-state index >= 15 is 0 Å². The Hall–Kier alpha value is -1.75. The predicted molar refractivity (Wildman–Crippen MR) is 88.5 cm³/mol. The van der Waals surface area contributed by atoms with Crippen LogP contribution in [0.4, 0.5) is 0 Å². The SMILES string of the molecule is O=C(CSCc1coc(-c2ccccc2)n1)NC1CCCC1. The van der Waals surface area contributed by atoms with Gasteiger partial charge >= 0.3 is 0 Å². The van der Waals surface area contributed by atoms with Crippen molar-refractivity contribution in [3.8, 4) is 11.5 Å². The predicted octanol–water partition coefficient (Wildman–Crippen LogP) is 3.63. The van der Waals surface area contributed by atoms with Gasteiger partial charge in [-0.25, -0.2) is 4.98 Å². The Kier molecular flexibility index (Phi) is 5.16. The average molecular weight is 316 g/mol. The fourth-order valence-electron chi connectivity index (χ4n) is 2.67. The molecule has 1 saturated carbocycles. The van der Waals surface area contributed by atoms with Crippen LogP contribution in [-0.4, -0.2) is 22.7 Å². The van der Waals surface area contributed by atoms with E-state index in [1.165, 1.54) is 12.8 Å². The molecule has 0 bridgehead atoms. The van der Waals surface area contributed by atoms with E-state index in [9.17, 15) is 4.79 Å². The molecule has 0 aliphatic heterocycles. The summed E-state index contributed by atoms with van der Waals surface area (Å²) in [5.41, 5.74) is 1.84. The zero-order chi connectivity index (χ0) is 15.2. The van der Waals surface area contributed by atoms with Crippen molar-refractivity contribution >= 4 is 17.7 Å². The number of carbonyl (C=O) groups is 1. The van der Waals surface area contributed by atoms with Gasteiger partial charge in [0.15, 0.2) is 0 Å². The minimum atomic E-state index is 0.128. The second kappa shape index (κ2) is 7.49. The maximum atomic E-state index is 11.8. The van der Waals surface area contributed by atoms with Crippen molar-refractivity contribution in [2.24, 2.45) is 0 Å². The number of amides is 1. The monoisotopic (exact) mass is 316 g/mol. The number of oxazole rings is 1. The van der Waals surface area contributed by atoms with Gasteiger partial charge in [0, 0.05) is 17.4 Å². The number of rotatable bonds is 6. The second-order valence-corrected chi connectivity index (χ2v) is 6.54. The topological polar surface area (TPSA) is 55.1 Å². The minimum Gasteiger partial charge on any atom is -0.444 e. The molecule has 0 spiro atoms. The van der Waals surface area contributed by atoms with Crippen LogP contribution in [0.1, 0.15) is 31.4 Å². The molecule has 0 saturated heterocycles. The summed E-state index contributed by atoms with van der Waals surface area (Å²) in [6.45, 7) is 0. The molecule has 4 nitrogen and oxygen atoms in total. The van der Waals surface area contributed by atoms with E-state index < -0.39 is 0 Å². The molecule has 3 rings (SSSR count). The van der Waals surface area contributed by atoms with Crippen molar-refractivity contribution in [3.05, 3.63) is 42.3 Å². The molecule has 116 valence electrons. The Balaban J connectivity index is 1.44. The van der Waals surface area contributed by atoms with Gasteiger partial charge in [-0.3, -0.25) is 4.79 Å². The van der Waals surface area contributed by atoms with Crippen molar-refractivity contribution < 1.29 is 9.21 Å². The largest absolute Gasteiger partial charge is 0.444 e. The molecule has 0 atom stereocenters. The summed E-state index contributed by atoms with van der Waals surface area (Å²) in [4.78, 5) is 16.3. The van der Waals surface area contributed by atoms with Gasteiger partial charge in [0.05, 0.1) is 11.4 Å². The Morgan fingerprint density at radius 2 is 2.05 bits per heavy atom. The maximum Gasteiger partial charge on any atom is 0.230 e. The molecule has 1 amide bonds. The Labute approximate surface area is 134 Å². The van der Waals surface area contributed by atoms with E-state index in [4.69, 9.17) is 4.42 Å². The summed E-state index contributed by atoms with van der Waals surface area (Å²) in [5, 5.41) is 3.09. The van der Waals surface area contributed by atoms with Gasteiger partial charge in [0.1, 0.15) is 6.26 Å². The molecule has 0 unspecified atom stereocenters. The van der Waals surface area contributed by atoms with E-state index in [-0.39, 0.29) is 5.91 Å². The summed E-state index contributed by atoms with van der Waals surface area (Å²) >= 11 is 1.57. The summed E-state index contributed by atoms with van der Waals surface area (Å²) in [5.74, 6) is 1.92. The third-order valence-electron chi connectivity index (χ3n) is 3.78. The highest BCUT2D eigenvalue weighted by molar-refractivity contribution is 7.99. The standard InChI is InChI=1S/C17H20N2O2S/c20-16(18-14-8-4-5-9-14)12-22-11-15-10-21-17(19-15)13-6-2-1-3-7-13/h1-3,6-7,10,14H,4-5,8-9,11-12H2,(H,18,20). The lowest BCUT2D eigenvalue weighted by molar-refractivity contribution is -0.119. The van der Waals surface area contributed by atoms with Gasteiger partial charge in [-0.15, -0.1) is 11.8 Å². The van der Waals surface area contributed by atoms with E-state index in [1.54, 1.807) is 18.0 Å². The first-order chi connectivity index (χ1) is 10.8. The van der Waals surface area contributed by atoms with Crippen LogP contribution >= 0.6 is 11.8 Å². The molecular weight excluding hydrogens is 296 g/mol. The number of benzene rings is 1. The maximum absolute atomic E-state index is 11.8. The first-order valence-electron chi connectivity index (χ1n) is 7.68. The van der Waals surface area contributed by atoms with Gasteiger partial charge in [-0.2, -0.15) is 0 Å². The summed E-state index contributed by atoms with van der Waals surface area (Å²) in [7, 11) is 0. The number of nitrogens with zero attached hydrogens (tertiary/aromatic N) is 1. The summed E-state index contributed by atoms with van der Waals surface area (Å²) in [6.07, 6.45) is 6.39. The normalized spacial score (nSPS) is 15.1. The molecular formula is C17H20N2O2S. The third-order valence-corrected chi connectivity index (χ3v) is 4.74. The van der Waals surface area contributed by atoms with Crippen LogP contribution < -0.4 is 5.32 Å². The van der Waals surface area contributed by atoms with Gasteiger partial charge < -0.3 is 9.73 Å². The van der Waals surface area contributed by atoms with Gasteiger partial charge in [0.2, 0.25) is 11.8 Å². The molecule has 5 heteroatoms. The van der Waals surface area contributed by atoms with Crippen LogP contribution in [0.2, 0.25) is 0 Å². The first-order valence-corrected chi connectivity index (χ1v) is 8.83. The van der Waals surface area contributed by atoms with E-state index in [0.29, 0.717) is 23.4 Å². The molecule has 1 aromatic carbocycles. The van der Waals surface area contributed by atoms with Gasteiger partial charge in [-0.05, 0) is 25.0 Å². The number of hydrogen-bond donors (Lipinski definition) is 1. The fraction of sp³-hybridized carbons (Fsp3) is 0.412. The smallest absolute Gasteiger partial charge is 0.230 e. The van der Waals surface area contributed by atoms with Crippen LogP contribution in [0.25, 0.3) is 11.5 Å². The Morgan fingerprint density at radius 1 is 1.27 bits per heavy atom. The minimum absolute atomic E-state index is 0.128. The molecule has 1 fully saturated rings. The second-order valence-electron chi connectivity index (χ2n) is 5.55. The number of nitrogens with one attached hydrogen (secondary N) is 1. The lowest BCUT2D eigenvalue weighted by Crippen LogP contribution is -2.33. The summed E-state index contributed by atoms with van der Waals surface area (Å²) in [6, 6.07) is 10.2. The molecule has 0 radical (unpaired) electrons. The zero-order valence-corrected chi connectivity index (χ0v) is 13.3. The molecule has 1 heterocycles. The van der Waals surface area contributed by atoms with Crippen LogP contribution in [-0.2, 0) is 10.5 Å². The van der Waals surface area contributed by atoms with Crippen molar-refractivity contribution in [3.63, 3.8) is 0 Å². The average Bonchev–Trinajstić information content (AvgIpc) is 3.20. The number of aromatic nitrogens is 1. The van der Waals surface area contributed by atoms with Crippen LogP contribution in [0.5, 0.6) is 0 Å². The summed E-state index contributed by atoms with van der Waals surface area (Å²) < 4.78 is 5.49. The molecule has 1 aliphatic rings. The lowest BCUT2D eigenvalue weighted by atomic mass is 10.2. The molecule has 1 aromatic heterocycles. The lowest BCUT2D eigenvalue weighted by Gasteiger charge is -2.11. The molecule has 1 N–H and O–H groups in total. The van der Waals surface area contributed by atoms with Gasteiger partial charge in [-0.1, -0.05) is 31.0 Å². The Bertz CT molecular complexity index is 606. The molecule has 22 heavy (non-hydrogen) atoms. The molecule has 1 aliphatic carbocycles. The first kappa shape index (κ1) is 15.2. The highest BCUT2D eigenvalue weighted by Gasteiger charge is 2.17. The Morgan fingerprint density at radius 3 is 2.82 bits per heavy atom. The number of thioether (sulfide) groups is 1. The van der Waals surface area contributed by atoms with Crippen molar-refractivity contribution in [2.75, 3.05) is 5.75 Å². The third kappa shape index (κ3) is 4.13. The highest BCUT2D eigenvalue weighted by Crippen LogP contribution is 2.21. The quantitative estimate of drug-likeness (QED) is 0.884. The molecule has 2 aromatic rings. The highest BCUT2D eigenvalue weighted by atomic mass is 32.2. The fourth-order valence-corrected chi connectivity index (χ4v) is 3.39. The number of hydrogen-bond acceptors (Lipinski definition) is 4. The van der Waals surface area contributed by atoms with E-state index in [0.717, 1.165) is 24.1 Å². The van der Waals surface area contributed by atoms with E-state index in [1.807, 2.05) is 30.3 Å². The van der Waals surface area contributed by atoms with Crippen LogP contribution in [0.3, 0.4) is 0 Å². The van der Waals surface area contributed by atoms with Crippen LogP contribution in [0, 0.1) is 0 Å². The zero-order valence-electron chi connectivity index (χ0n) is 12.5. The van der Waals surface area contributed by atoms with Crippen molar-refractivity contribution in [1.82, 2.24) is 10.3 Å². The number of carbonyl (C=O) groups excluding carboxylic acids is 1. The van der Waals surface area contributed by atoms with Crippen molar-refractivity contribution in [2.45, 2.75) is 37.5 Å². The van der Waals surface area contributed by atoms with Gasteiger partial charge in [0.25, 0.3) is 0 Å². The van der Waals surface area contributed by atoms with Crippen molar-refractivity contribution in [1.29, 1.82) is 0 Å². The van der Waals surface area contributed by atoms with Crippen LogP contribution in [0.15, 0.2) is 41.0 Å².